The van der Waals surface area contributed by atoms with E-state index in [1.165, 1.54) is 18.2 Å². The molecule has 26 heavy (non-hydrogen) atoms. The van der Waals surface area contributed by atoms with E-state index in [1.807, 2.05) is 30.3 Å². The first-order chi connectivity index (χ1) is 12.5. The molecule has 1 aliphatic rings. The van der Waals surface area contributed by atoms with Gasteiger partial charge < -0.3 is 10.1 Å². The number of hydrogen-bond donors (Lipinski definition) is 1. The number of benzene rings is 2. The Morgan fingerprint density at radius 1 is 1.27 bits per heavy atom. The van der Waals surface area contributed by atoms with Gasteiger partial charge in [0.25, 0.3) is 5.91 Å². The summed E-state index contributed by atoms with van der Waals surface area (Å²) in [6.45, 7) is 0.0578. The molecule has 8 heteroatoms. The molecular weight excluding hydrogens is 361 g/mol. The van der Waals surface area contributed by atoms with E-state index in [-0.39, 0.29) is 30.7 Å². The molecule has 0 atom stereocenters. The smallest absolute Gasteiger partial charge is 0.417 e. The van der Waals surface area contributed by atoms with Crippen molar-refractivity contribution in [1.29, 1.82) is 0 Å². The molecule has 1 N–H and O–H groups in total. The minimum absolute atomic E-state index is 0.0773. The zero-order chi connectivity index (χ0) is 18.5. The molecule has 0 fully saturated rings. The van der Waals surface area contributed by atoms with Crippen LogP contribution >= 0.6 is 11.6 Å². The number of hydrogen-bond acceptors (Lipinski definition) is 4. The highest BCUT2D eigenvalue weighted by Crippen LogP contribution is 2.17. The summed E-state index contributed by atoms with van der Waals surface area (Å²) in [7, 11) is 0. The molecule has 6 nitrogen and oxygen atoms in total. The predicted molar refractivity (Wildman–Crippen MR) is 94.0 cm³/mol. The normalized spacial score (nSPS) is 13.5. The van der Waals surface area contributed by atoms with Gasteiger partial charge in [-0.25, -0.2) is 14.1 Å². The first kappa shape index (κ1) is 17.9. The maximum atomic E-state index is 13.1. The van der Waals surface area contributed by atoms with E-state index in [4.69, 9.17) is 16.3 Å². The second-order valence-electron chi connectivity index (χ2n) is 5.54. The second-order valence-corrected chi connectivity index (χ2v) is 5.95. The molecule has 0 saturated carbocycles. The van der Waals surface area contributed by atoms with Crippen LogP contribution in [0.5, 0.6) is 0 Å². The van der Waals surface area contributed by atoms with Gasteiger partial charge in [0.15, 0.2) is 0 Å². The second kappa shape index (κ2) is 7.97. The monoisotopic (exact) mass is 375 g/mol. The Labute approximate surface area is 154 Å². The number of nitrogens with one attached hydrogen (secondary N) is 1. The third-order valence-electron chi connectivity index (χ3n) is 3.66. The Morgan fingerprint density at radius 3 is 2.77 bits per heavy atom. The molecule has 0 aliphatic carbocycles. The molecule has 2 aromatic rings. The van der Waals surface area contributed by atoms with Gasteiger partial charge >= 0.3 is 6.09 Å². The van der Waals surface area contributed by atoms with Crippen molar-refractivity contribution in [2.45, 2.75) is 13.2 Å². The van der Waals surface area contributed by atoms with Gasteiger partial charge in [-0.15, -0.1) is 0 Å². The molecule has 2 amide bonds. The van der Waals surface area contributed by atoms with Gasteiger partial charge in [-0.3, -0.25) is 4.79 Å². The van der Waals surface area contributed by atoms with Crippen LogP contribution < -0.4 is 5.32 Å². The van der Waals surface area contributed by atoms with Crippen molar-refractivity contribution in [3.05, 3.63) is 70.5 Å². The van der Waals surface area contributed by atoms with Crippen LogP contribution in [0.25, 0.3) is 0 Å². The van der Waals surface area contributed by atoms with Crippen molar-refractivity contribution < 1.29 is 18.7 Å². The Balaban J connectivity index is 1.61. The summed E-state index contributed by atoms with van der Waals surface area (Å²) in [5.41, 5.74) is 1.43. The van der Waals surface area contributed by atoms with Gasteiger partial charge in [0.05, 0.1) is 0 Å². The van der Waals surface area contributed by atoms with E-state index in [9.17, 15) is 14.0 Å². The number of rotatable bonds is 4. The maximum Gasteiger partial charge on any atom is 0.417 e. The molecular formula is C18H15ClFN3O3. The van der Waals surface area contributed by atoms with Crippen molar-refractivity contribution in [2.75, 3.05) is 6.54 Å². The topological polar surface area (TPSA) is 71.0 Å². The van der Waals surface area contributed by atoms with Crippen molar-refractivity contribution in [3.63, 3.8) is 0 Å². The molecule has 0 radical (unpaired) electrons. The molecule has 3 rings (SSSR count). The maximum absolute atomic E-state index is 13.1. The van der Waals surface area contributed by atoms with Crippen LogP contribution in [0.4, 0.5) is 9.18 Å². The summed E-state index contributed by atoms with van der Waals surface area (Å²) >= 11 is 5.97. The molecule has 0 unspecified atom stereocenters. The van der Waals surface area contributed by atoms with E-state index < -0.39 is 17.8 Å². The SMILES string of the molecule is O=C1CN(C(=O)OCc2ccccc2)C(NCc2ccc(F)cc2Cl)=N1. The van der Waals surface area contributed by atoms with Crippen molar-refractivity contribution >= 4 is 29.6 Å². The Morgan fingerprint density at radius 2 is 2.04 bits per heavy atom. The fourth-order valence-electron chi connectivity index (χ4n) is 2.35. The quantitative estimate of drug-likeness (QED) is 0.891. The molecule has 0 aromatic heterocycles. The lowest BCUT2D eigenvalue weighted by Crippen LogP contribution is -2.42. The molecule has 0 saturated heterocycles. The number of carbonyl (C=O) groups is 2. The summed E-state index contributed by atoms with van der Waals surface area (Å²) in [6, 6.07) is 13.2. The van der Waals surface area contributed by atoms with Crippen molar-refractivity contribution in [2.24, 2.45) is 4.99 Å². The number of aliphatic imine (C=N–C) groups is 1. The van der Waals surface area contributed by atoms with E-state index in [0.29, 0.717) is 5.56 Å². The Bertz CT molecular complexity index is 858. The number of halogens is 2. The average molecular weight is 376 g/mol. The van der Waals surface area contributed by atoms with Crippen molar-refractivity contribution in [3.8, 4) is 0 Å². The van der Waals surface area contributed by atoms with E-state index in [0.717, 1.165) is 10.5 Å². The van der Waals surface area contributed by atoms with E-state index in [1.54, 1.807) is 0 Å². The lowest BCUT2D eigenvalue weighted by Gasteiger charge is -2.18. The Kier molecular flexibility index (Phi) is 5.48. The van der Waals surface area contributed by atoms with Gasteiger partial charge in [-0.1, -0.05) is 48.0 Å². The number of nitrogens with zero attached hydrogens (tertiary/aromatic N) is 2. The zero-order valence-corrected chi connectivity index (χ0v) is 14.4. The minimum Gasteiger partial charge on any atom is -0.444 e. The number of carbonyl (C=O) groups excluding carboxylic acids is 2. The predicted octanol–water partition coefficient (Wildman–Crippen LogP) is 3.10. The largest absolute Gasteiger partial charge is 0.444 e. The molecule has 1 aliphatic heterocycles. The van der Waals surface area contributed by atoms with Crippen LogP contribution in [-0.4, -0.2) is 29.4 Å². The van der Waals surface area contributed by atoms with Gasteiger partial charge in [0.2, 0.25) is 5.96 Å². The summed E-state index contributed by atoms with van der Waals surface area (Å²) < 4.78 is 18.3. The highest BCUT2D eigenvalue weighted by Gasteiger charge is 2.30. The van der Waals surface area contributed by atoms with Gasteiger partial charge in [0.1, 0.15) is 19.0 Å². The van der Waals surface area contributed by atoms with Crippen LogP contribution in [0.15, 0.2) is 53.5 Å². The fourth-order valence-corrected chi connectivity index (χ4v) is 2.58. The lowest BCUT2D eigenvalue weighted by molar-refractivity contribution is -0.117. The summed E-state index contributed by atoms with van der Waals surface area (Å²) in [4.78, 5) is 28.8. The van der Waals surface area contributed by atoms with E-state index >= 15 is 0 Å². The van der Waals surface area contributed by atoms with Gasteiger partial charge in [-0.05, 0) is 23.3 Å². The highest BCUT2D eigenvalue weighted by molar-refractivity contribution is 6.31. The highest BCUT2D eigenvalue weighted by atomic mass is 35.5. The van der Waals surface area contributed by atoms with E-state index in [2.05, 4.69) is 10.3 Å². The van der Waals surface area contributed by atoms with Crippen LogP contribution in [0.3, 0.4) is 0 Å². The van der Waals surface area contributed by atoms with Crippen LogP contribution in [0.1, 0.15) is 11.1 Å². The molecule has 1 heterocycles. The summed E-state index contributed by atoms with van der Waals surface area (Å²) in [6.07, 6.45) is -0.684. The number of ether oxygens (including phenoxy) is 1. The molecule has 0 bridgehead atoms. The number of guanidine groups is 1. The third kappa shape index (κ3) is 4.37. The third-order valence-corrected chi connectivity index (χ3v) is 4.01. The minimum atomic E-state index is -0.684. The Hall–Kier alpha value is -2.93. The zero-order valence-electron chi connectivity index (χ0n) is 13.6. The average Bonchev–Trinajstić information content (AvgIpc) is 3.00. The fraction of sp³-hybridized carbons (Fsp3) is 0.167. The standard InChI is InChI=1S/C18H15ClFN3O3/c19-15-8-14(20)7-6-13(15)9-21-17-22-16(24)10-23(17)18(25)26-11-12-4-2-1-3-5-12/h1-8H,9-11H2,(H,21,22,24). The number of amides is 2. The van der Waals surface area contributed by atoms with Gasteiger partial charge in [-0.2, -0.15) is 4.99 Å². The summed E-state index contributed by atoms with van der Waals surface area (Å²) in [5, 5.41) is 3.10. The van der Waals surface area contributed by atoms with Crippen molar-refractivity contribution in [1.82, 2.24) is 10.2 Å². The van der Waals surface area contributed by atoms with Crippen LogP contribution in [0, 0.1) is 5.82 Å². The first-order valence-electron chi connectivity index (χ1n) is 7.80. The lowest BCUT2D eigenvalue weighted by atomic mass is 10.2. The first-order valence-corrected chi connectivity index (χ1v) is 8.18. The van der Waals surface area contributed by atoms with Crippen LogP contribution in [0.2, 0.25) is 5.02 Å². The molecule has 2 aromatic carbocycles. The summed E-state index contributed by atoms with van der Waals surface area (Å²) in [5.74, 6) is -0.832. The van der Waals surface area contributed by atoms with Gasteiger partial charge in [0, 0.05) is 11.6 Å². The molecule has 0 spiro atoms. The molecule has 134 valence electrons. The van der Waals surface area contributed by atoms with Crippen LogP contribution in [-0.2, 0) is 22.7 Å².